The van der Waals surface area contributed by atoms with Gasteiger partial charge in [-0.1, -0.05) is 17.3 Å². The Kier molecular flexibility index (Phi) is 8.18. The lowest BCUT2D eigenvalue weighted by molar-refractivity contribution is -0.384. The van der Waals surface area contributed by atoms with Gasteiger partial charge in [-0.2, -0.15) is 0 Å². The first-order chi connectivity index (χ1) is 13.0. The molecule has 10 heteroatoms. The average molecular weight is 500 g/mol. The van der Waals surface area contributed by atoms with E-state index in [4.69, 9.17) is 4.52 Å². The number of benzene rings is 1. The Hall–Kier alpha value is -2.21. The topological polar surface area (TPSA) is 100 Å². The number of guanidine groups is 1. The molecule has 1 aromatic heterocycles. The first-order valence-corrected chi connectivity index (χ1v) is 8.88. The molecule has 0 unspecified atom stereocenters. The van der Waals surface area contributed by atoms with Crippen molar-refractivity contribution >= 4 is 35.6 Å². The maximum absolute atomic E-state index is 10.9. The molecular weight excluding hydrogens is 475 g/mol. The van der Waals surface area contributed by atoms with Crippen molar-refractivity contribution in [3.8, 4) is 0 Å². The molecule has 152 valence electrons. The summed E-state index contributed by atoms with van der Waals surface area (Å²) in [6.45, 7) is 6.69. The zero-order chi connectivity index (χ0) is 19.2. The van der Waals surface area contributed by atoms with Gasteiger partial charge in [0.1, 0.15) is 5.76 Å². The van der Waals surface area contributed by atoms with Gasteiger partial charge in [0.15, 0.2) is 5.96 Å². The van der Waals surface area contributed by atoms with E-state index in [1.165, 1.54) is 6.07 Å². The fourth-order valence-electron chi connectivity index (χ4n) is 3.13. The first-order valence-electron chi connectivity index (χ1n) is 8.88. The monoisotopic (exact) mass is 500 g/mol. The highest BCUT2D eigenvalue weighted by Crippen LogP contribution is 2.13. The molecule has 9 nitrogen and oxygen atoms in total. The normalized spacial score (nSPS) is 15.2. The van der Waals surface area contributed by atoms with E-state index in [2.05, 4.69) is 25.3 Å². The Balaban J connectivity index is 0.00000280. The highest BCUT2D eigenvalue weighted by molar-refractivity contribution is 14.0. The average Bonchev–Trinajstić information content (AvgIpc) is 3.08. The van der Waals surface area contributed by atoms with Gasteiger partial charge in [0.2, 0.25) is 0 Å². The van der Waals surface area contributed by atoms with Crippen molar-refractivity contribution in [1.82, 2.24) is 20.3 Å². The van der Waals surface area contributed by atoms with Gasteiger partial charge in [0.25, 0.3) is 5.69 Å². The van der Waals surface area contributed by atoms with Crippen molar-refractivity contribution in [2.75, 3.05) is 33.2 Å². The summed E-state index contributed by atoms with van der Waals surface area (Å²) in [5.74, 6) is 1.63. The minimum Gasteiger partial charge on any atom is -0.361 e. The molecule has 1 aliphatic rings. The number of aromatic nitrogens is 1. The lowest BCUT2D eigenvalue weighted by Crippen LogP contribution is -2.52. The summed E-state index contributed by atoms with van der Waals surface area (Å²) in [6.07, 6.45) is 0. The summed E-state index contributed by atoms with van der Waals surface area (Å²) < 4.78 is 5.12. The smallest absolute Gasteiger partial charge is 0.269 e. The first kappa shape index (κ1) is 22.1. The van der Waals surface area contributed by atoms with Gasteiger partial charge in [-0.05, 0) is 12.5 Å². The molecule has 0 aliphatic carbocycles. The molecule has 1 aromatic carbocycles. The highest BCUT2D eigenvalue weighted by Gasteiger charge is 2.20. The fourth-order valence-corrected chi connectivity index (χ4v) is 3.13. The Morgan fingerprint density at radius 3 is 2.68 bits per heavy atom. The van der Waals surface area contributed by atoms with Crippen LogP contribution >= 0.6 is 24.0 Å². The number of nitrogens with zero attached hydrogens (tertiary/aromatic N) is 5. The number of aryl methyl sites for hydroxylation is 1. The molecule has 1 aliphatic heterocycles. The molecule has 2 aromatic rings. The summed E-state index contributed by atoms with van der Waals surface area (Å²) in [5.41, 5.74) is 1.90. The number of nitrogens with one attached hydrogen (secondary N) is 1. The van der Waals surface area contributed by atoms with Crippen LogP contribution in [0.3, 0.4) is 0 Å². The van der Waals surface area contributed by atoms with Crippen LogP contribution in [-0.4, -0.2) is 59.1 Å². The number of piperazine rings is 1. The van der Waals surface area contributed by atoms with E-state index in [1.807, 2.05) is 19.1 Å². The number of nitro benzene ring substituents is 1. The Bertz CT molecular complexity index is 817. The summed E-state index contributed by atoms with van der Waals surface area (Å²) in [4.78, 5) is 19.4. The lowest BCUT2D eigenvalue weighted by atomic mass is 10.2. The minimum absolute atomic E-state index is 0. The van der Waals surface area contributed by atoms with Gasteiger partial charge in [0.05, 0.1) is 10.6 Å². The quantitative estimate of drug-likeness (QED) is 0.221. The number of hydrogen-bond donors (Lipinski definition) is 1. The zero-order valence-corrected chi connectivity index (χ0v) is 18.3. The molecule has 1 fully saturated rings. The van der Waals surface area contributed by atoms with Gasteiger partial charge in [-0.15, -0.1) is 24.0 Å². The van der Waals surface area contributed by atoms with Gasteiger partial charge in [-0.3, -0.25) is 20.0 Å². The zero-order valence-electron chi connectivity index (χ0n) is 16.0. The highest BCUT2D eigenvalue weighted by atomic mass is 127. The Labute approximate surface area is 180 Å². The third kappa shape index (κ3) is 5.89. The number of non-ortho nitro benzene ring substituents is 1. The molecule has 0 amide bonds. The maximum atomic E-state index is 10.9. The third-order valence-corrected chi connectivity index (χ3v) is 4.52. The Morgan fingerprint density at radius 2 is 2.07 bits per heavy atom. The van der Waals surface area contributed by atoms with E-state index in [9.17, 15) is 10.1 Å². The van der Waals surface area contributed by atoms with Crippen LogP contribution in [0, 0.1) is 17.0 Å². The van der Waals surface area contributed by atoms with Crippen LogP contribution in [0.2, 0.25) is 0 Å². The maximum Gasteiger partial charge on any atom is 0.269 e. The van der Waals surface area contributed by atoms with Crippen molar-refractivity contribution in [3.63, 3.8) is 0 Å². The van der Waals surface area contributed by atoms with E-state index in [0.717, 1.165) is 55.7 Å². The van der Waals surface area contributed by atoms with Gasteiger partial charge >= 0.3 is 0 Å². The van der Waals surface area contributed by atoms with Crippen LogP contribution in [0.15, 0.2) is 39.8 Å². The minimum atomic E-state index is -0.381. The Morgan fingerprint density at radius 1 is 1.32 bits per heavy atom. The van der Waals surface area contributed by atoms with Gasteiger partial charge in [-0.25, -0.2) is 0 Å². The fraction of sp³-hybridized carbons (Fsp3) is 0.444. The van der Waals surface area contributed by atoms with Crippen LogP contribution in [-0.2, 0) is 13.1 Å². The van der Waals surface area contributed by atoms with Crippen LogP contribution in [0.25, 0.3) is 0 Å². The van der Waals surface area contributed by atoms with Crippen molar-refractivity contribution < 1.29 is 9.45 Å². The molecule has 28 heavy (non-hydrogen) atoms. The molecule has 1 N–H and O–H groups in total. The van der Waals surface area contributed by atoms with Crippen LogP contribution in [0.4, 0.5) is 5.69 Å². The number of nitro groups is 1. The number of aliphatic imine (C=N–C) groups is 1. The SMILES string of the molecule is CN=C(NCc1cccc([N+](=O)[O-])c1)N1CCN(Cc2cc(C)on2)CC1.I. The van der Waals surface area contributed by atoms with Crippen LogP contribution in [0.1, 0.15) is 17.0 Å². The van der Waals surface area contributed by atoms with E-state index in [-0.39, 0.29) is 34.6 Å². The largest absolute Gasteiger partial charge is 0.361 e. The van der Waals surface area contributed by atoms with Crippen molar-refractivity contribution in [1.29, 1.82) is 0 Å². The van der Waals surface area contributed by atoms with Crippen molar-refractivity contribution in [3.05, 3.63) is 57.5 Å². The summed E-state index contributed by atoms with van der Waals surface area (Å²) >= 11 is 0. The van der Waals surface area contributed by atoms with Gasteiger partial charge < -0.3 is 14.7 Å². The molecule has 0 spiro atoms. The second kappa shape index (κ2) is 10.4. The molecule has 0 radical (unpaired) electrons. The summed E-state index contributed by atoms with van der Waals surface area (Å²) in [5, 5.41) is 18.2. The van der Waals surface area contributed by atoms with E-state index < -0.39 is 0 Å². The predicted octanol–water partition coefficient (Wildman–Crippen LogP) is 2.40. The van der Waals surface area contributed by atoms with Crippen LogP contribution in [0.5, 0.6) is 0 Å². The molecule has 1 saturated heterocycles. The number of halogens is 1. The molecule has 0 saturated carbocycles. The predicted molar refractivity (Wildman–Crippen MR) is 117 cm³/mol. The van der Waals surface area contributed by atoms with Crippen LogP contribution < -0.4 is 5.32 Å². The second-order valence-corrected chi connectivity index (χ2v) is 6.52. The summed E-state index contributed by atoms with van der Waals surface area (Å²) in [7, 11) is 1.75. The molecule has 0 bridgehead atoms. The molecule has 3 rings (SSSR count). The molecule has 2 heterocycles. The van der Waals surface area contributed by atoms with Crippen molar-refractivity contribution in [2.24, 2.45) is 4.99 Å². The lowest BCUT2D eigenvalue weighted by Gasteiger charge is -2.36. The van der Waals surface area contributed by atoms with Gasteiger partial charge in [0, 0.05) is 64.5 Å². The third-order valence-electron chi connectivity index (χ3n) is 4.52. The standard InChI is InChI=1S/C18H24N6O3.HI/c1-14-10-16(21-27-14)13-22-6-8-23(9-7-22)18(19-2)20-12-15-4-3-5-17(11-15)24(25)26;/h3-5,10-11H,6-9,12-13H2,1-2H3,(H,19,20);1H. The number of hydrogen-bond acceptors (Lipinski definition) is 6. The summed E-state index contributed by atoms with van der Waals surface area (Å²) in [6, 6.07) is 8.60. The van der Waals surface area contributed by atoms with Crippen molar-refractivity contribution in [2.45, 2.75) is 20.0 Å². The van der Waals surface area contributed by atoms with E-state index in [0.29, 0.717) is 6.54 Å². The second-order valence-electron chi connectivity index (χ2n) is 6.52. The van der Waals surface area contributed by atoms with E-state index in [1.54, 1.807) is 19.2 Å². The molecular formula is C18H25IN6O3. The molecule has 0 atom stereocenters. The number of rotatable bonds is 5. The van der Waals surface area contributed by atoms with E-state index >= 15 is 0 Å².